The molecule has 0 aliphatic rings. The second-order valence-electron chi connectivity index (χ2n) is 12.1. The lowest BCUT2D eigenvalue weighted by Gasteiger charge is -2.35. The molecule has 46 heavy (non-hydrogen) atoms. The Morgan fingerprint density at radius 2 is 1.54 bits per heavy atom. The van der Waals surface area contributed by atoms with Gasteiger partial charge in [-0.2, -0.15) is 0 Å². The number of amides is 2. The molecule has 0 bridgehead atoms. The van der Waals surface area contributed by atoms with E-state index in [1.165, 1.54) is 24.1 Å². The first kappa shape index (κ1) is 34.5. The summed E-state index contributed by atoms with van der Waals surface area (Å²) in [6.45, 7) is 6.85. The fourth-order valence-corrected chi connectivity index (χ4v) is 6.55. The molecule has 0 saturated heterocycles. The van der Waals surface area contributed by atoms with Crippen molar-refractivity contribution in [3.8, 4) is 5.75 Å². The quantitative estimate of drug-likeness (QED) is 0.189. The number of nitrogens with one attached hydrogen (secondary N) is 1. The highest BCUT2D eigenvalue weighted by atomic mass is 35.5. The van der Waals surface area contributed by atoms with Crippen molar-refractivity contribution in [2.45, 2.75) is 57.1 Å². The van der Waals surface area contributed by atoms with Gasteiger partial charge in [-0.3, -0.25) is 13.9 Å². The second-order valence-corrected chi connectivity index (χ2v) is 14.4. The van der Waals surface area contributed by atoms with Gasteiger partial charge in [0.2, 0.25) is 11.8 Å². The Morgan fingerprint density at radius 1 is 0.891 bits per heavy atom. The van der Waals surface area contributed by atoms with Crippen molar-refractivity contribution in [1.29, 1.82) is 0 Å². The molecule has 1 atom stereocenters. The summed E-state index contributed by atoms with van der Waals surface area (Å²) < 4.78 is 34.9. The first-order valence-corrected chi connectivity index (χ1v) is 16.7. The lowest BCUT2D eigenvalue weighted by atomic mass is 10.0. The number of ether oxygens (including phenoxy) is 1. The lowest BCUT2D eigenvalue weighted by Crippen LogP contribution is -2.56. The number of hydrogen-bond acceptors (Lipinski definition) is 5. The molecule has 1 unspecified atom stereocenters. The van der Waals surface area contributed by atoms with Gasteiger partial charge in [0.1, 0.15) is 18.3 Å². The highest BCUT2D eigenvalue weighted by Gasteiger charge is 2.36. The van der Waals surface area contributed by atoms with Gasteiger partial charge in [0.05, 0.1) is 17.7 Å². The predicted octanol–water partition coefficient (Wildman–Crippen LogP) is 6.41. The first-order chi connectivity index (χ1) is 21.8. The van der Waals surface area contributed by atoms with Crippen LogP contribution in [-0.4, -0.2) is 50.4 Å². The maximum Gasteiger partial charge on any atom is 0.264 e. The number of carbonyl (C=O) groups is 2. The van der Waals surface area contributed by atoms with Crippen LogP contribution in [0.2, 0.25) is 5.02 Å². The van der Waals surface area contributed by atoms with E-state index >= 15 is 0 Å². The minimum atomic E-state index is -4.24. The molecule has 0 saturated carbocycles. The van der Waals surface area contributed by atoms with Crippen molar-refractivity contribution in [3.63, 3.8) is 0 Å². The SMILES string of the molecule is COc1cccc(N(CC(=O)N(Cc2ccccc2Cl)C(Cc2ccccc2)C(=O)NC(C)(C)C)S(=O)(=O)c2ccc(C)cc2)c1. The number of benzene rings is 4. The number of rotatable bonds is 12. The lowest BCUT2D eigenvalue weighted by molar-refractivity contribution is -0.140. The summed E-state index contributed by atoms with van der Waals surface area (Å²) in [5.41, 5.74) is 2.00. The van der Waals surface area contributed by atoms with Gasteiger partial charge in [-0.25, -0.2) is 8.42 Å². The highest BCUT2D eigenvalue weighted by Crippen LogP contribution is 2.29. The zero-order chi connectivity index (χ0) is 33.5. The Hall–Kier alpha value is -4.34. The smallest absolute Gasteiger partial charge is 0.264 e. The molecule has 0 heterocycles. The topological polar surface area (TPSA) is 96.0 Å². The summed E-state index contributed by atoms with van der Waals surface area (Å²) in [6.07, 6.45) is 0.197. The van der Waals surface area contributed by atoms with Crippen LogP contribution in [0.4, 0.5) is 5.69 Å². The van der Waals surface area contributed by atoms with Crippen LogP contribution in [0.25, 0.3) is 0 Å². The minimum absolute atomic E-state index is 0.0237. The number of halogens is 1. The van der Waals surface area contributed by atoms with E-state index in [0.717, 1.165) is 15.4 Å². The summed E-state index contributed by atoms with van der Waals surface area (Å²) in [5, 5.41) is 3.45. The predicted molar refractivity (Wildman–Crippen MR) is 183 cm³/mol. The summed E-state index contributed by atoms with van der Waals surface area (Å²) in [6, 6.07) is 28.4. The molecule has 0 aliphatic heterocycles. The van der Waals surface area contributed by atoms with Gasteiger partial charge in [-0.05, 0) is 69.2 Å². The minimum Gasteiger partial charge on any atom is -0.497 e. The van der Waals surface area contributed by atoms with E-state index < -0.39 is 34.1 Å². The van der Waals surface area contributed by atoms with Crippen LogP contribution in [0, 0.1) is 6.92 Å². The van der Waals surface area contributed by atoms with E-state index in [0.29, 0.717) is 16.3 Å². The Balaban J connectivity index is 1.84. The van der Waals surface area contributed by atoms with Crippen molar-refractivity contribution >= 4 is 39.1 Å². The zero-order valence-electron chi connectivity index (χ0n) is 26.7. The molecule has 4 aromatic carbocycles. The number of carbonyl (C=O) groups excluding carboxylic acids is 2. The van der Waals surface area contributed by atoms with Gasteiger partial charge in [-0.15, -0.1) is 0 Å². The van der Waals surface area contributed by atoms with Gasteiger partial charge in [0, 0.05) is 29.6 Å². The number of methoxy groups -OCH3 is 1. The van der Waals surface area contributed by atoms with Crippen molar-refractivity contribution < 1.29 is 22.7 Å². The summed E-state index contributed by atoms with van der Waals surface area (Å²) in [7, 11) is -2.75. The van der Waals surface area contributed by atoms with Crippen LogP contribution in [0.5, 0.6) is 5.75 Å². The summed E-state index contributed by atoms with van der Waals surface area (Å²) in [5.74, 6) is -0.525. The molecule has 0 aliphatic carbocycles. The molecule has 10 heteroatoms. The molecule has 0 radical (unpaired) electrons. The van der Waals surface area contributed by atoms with Crippen molar-refractivity contribution in [2.75, 3.05) is 18.0 Å². The largest absolute Gasteiger partial charge is 0.497 e. The van der Waals surface area contributed by atoms with E-state index in [4.69, 9.17) is 16.3 Å². The molecular formula is C36H40ClN3O5S. The Kier molecular flexibility index (Phi) is 11.1. The van der Waals surface area contributed by atoms with Crippen LogP contribution in [-0.2, 0) is 32.6 Å². The number of aryl methyl sites for hydroxylation is 1. The van der Waals surface area contributed by atoms with Gasteiger partial charge < -0.3 is 15.0 Å². The van der Waals surface area contributed by atoms with E-state index in [9.17, 15) is 18.0 Å². The molecule has 0 fully saturated rings. The van der Waals surface area contributed by atoms with Crippen molar-refractivity contribution in [3.05, 3.63) is 125 Å². The highest BCUT2D eigenvalue weighted by molar-refractivity contribution is 7.92. The maximum absolute atomic E-state index is 14.6. The molecule has 4 rings (SSSR count). The van der Waals surface area contributed by atoms with Gasteiger partial charge in [0.25, 0.3) is 10.0 Å². The van der Waals surface area contributed by atoms with E-state index in [1.807, 2.05) is 58.0 Å². The first-order valence-electron chi connectivity index (χ1n) is 14.9. The van der Waals surface area contributed by atoms with Crippen molar-refractivity contribution in [2.24, 2.45) is 0 Å². The number of hydrogen-bond donors (Lipinski definition) is 1. The van der Waals surface area contributed by atoms with Gasteiger partial charge in [-0.1, -0.05) is 83.9 Å². The van der Waals surface area contributed by atoms with Crippen LogP contribution in [0.15, 0.2) is 108 Å². The molecule has 0 aromatic heterocycles. The Bertz CT molecular complexity index is 1760. The average molecular weight is 662 g/mol. The third-order valence-electron chi connectivity index (χ3n) is 7.30. The standard InChI is InChI=1S/C36H40ClN3O5S/c1-26-18-20-31(21-19-26)46(43,44)40(29-15-11-16-30(23-29)45-5)25-34(41)39(24-28-14-9-10-17-32(28)37)33(35(42)38-36(2,3)4)22-27-12-7-6-8-13-27/h6-21,23,33H,22,24-25H2,1-5H3,(H,38,42). The number of nitrogens with zero attached hydrogens (tertiary/aromatic N) is 2. The molecule has 8 nitrogen and oxygen atoms in total. The third-order valence-corrected chi connectivity index (χ3v) is 9.45. The van der Waals surface area contributed by atoms with E-state index in [2.05, 4.69) is 5.32 Å². The van der Waals surface area contributed by atoms with Crippen LogP contribution >= 0.6 is 11.6 Å². The molecule has 4 aromatic rings. The fraction of sp³-hybridized carbons (Fsp3) is 0.278. The van der Waals surface area contributed by atoms with Gasteiger partial charge >= 0.3 is 0 Å². The summed E-state index contributed by atoms with van der Waals surface area (Å²) in [4.78, 5) is 30.0. The Labute approximate surface area is 277 Å². The number of anilines is 1. The molecule has 0 spiro atoms. The van der Waals surface area contributed by atoms with Crippen LogP contribution in [0.1, 0.15) is 37.5 Å². The monoisotopic (exact) mass is 661 g/mol. The maximum atomic E-state index is 14.6. The normalized spacial score (nSPS) is 12.2. The fourth-order valence-electron chi connectivity index (χ4n) is 4.95. The zero-order valence-corrected chi connectivity index (χ0v) is 28.3. The summed E-state index contributed by atoms with van der Waals surface area (Å²) >= 11 is 6.57. The third kappa shape index (κ3) is 8.89. The van der Waals surface area contributed by atoms with Crippen LogP contribution < -0.4 is 14.4 Å². The van der Waals surface area contributed by atoms with Crippen LogP contribution in [0.3, 0.4) is 0 Å². The number of sulfonamides is 1. The second kappa shape index (κ2) is 14.8. The molecule has 242 valence electrons. The van der Waals surface area contributed by atoms with E-state index in [-0.39, 0.29) is 29.5 Å². The van der Waals surface area contributed by atoms with Gasteiger partial charge in [0.15, 0.2) is 0 Å². The van der Waals surface area contributed by atoms with E-state index in [1.54, 1.807) is 60.7 Å². The molecule has 1 N–H and O–H groups in total. The Morgan fingerprint density at radius 3 is 2.17 bits per heavy atom. The van der Waals surface area contributed by atoms with Crippen molar-refractivity contribution in [1.82, 2.24) is 10.2 Å². The molecule has 2 amide bonds. The average Bonchev–Trinajstić information content (AvgIpc) is 3.02. The molecular weight excluding hydrogens is 622 g/mol.